The van der Waals surface area contributed by atoms with E-state index in [1.807, 2.05) is 24.4 Å². The number of carbonyl (C=O) groups excluding carboxylic acids is 1. The summed E-state index contributed by atoms with van der Waals surface area (Å²) in [5.74, 6) is -0.211. The fourth-order valence-electron chi connectivity index (χ4n) is 3.04. The van der Waals surface area contributed by atoms with Gasteiger partial charge in [-0.05, 0) is 55.3 Å². The van der Waals surface area contributed by atoms with Gasteiger partial charge in [0.2, 0.25) is 0 Å². The molecule has 1 saturated heterocycles. The van der Waals surface area contributed by atoms with Gasteiger partial charge >= 0.3 is 5.97 Å². The predicted octanol–water partition coefficient (Wildman–Crippen LogP) is 2.94. The van der Waals surface area contributed by atoms with Gasteiger partial charge in [0.15, 0.2) is 0 Å². The van der Waals surface area contributed by atoms with Gasteiger partial charge in [-0.15, -0.1) is 0 Å². The summed E-state index contributed by atoms with van der Waals surface area (Å²) in [5, 5.41) is 1.09. The van der Waals surface area contributed by atoms with Gasteiger partial charge in [0.25, 0.3) is 0 Å². The summed E-state index contributed by atoms with van der Waals surface area (Å²) >= 11 is 0. The average Bonchev–Trinajstić information content (AvgIpc) is 2.55. The molecule has 1 aliphatic heterocycles. The molecule has 0 atom stereocenters. The van der Waals surface area contributed by atoms with Crippen LogP contribution in [0.2, 0.25) is 0 Å². The molecule has 0 bridgehead atoms. The smallest absolute Gasteiger partial charge is 0.309 e. The molecule has 1 aromatic carbocycles. The lowest BCUT2D eigenvalue weighted by molar-refractivity contribution is -0.139. The van der Waals surface area contributed by atoms with E-state index in [4.69, 9.17) is 4.74 Å². The zero-order chi connectivity index (χ0) is 15.4. The Morgan fingerprint density at radius 3 is 2.73 bits per heavy atom. The van der Waals surface area contributed by atoms with E-state index in [-0.39, 0.29) is 5.97 Å². The highest BCUT2D eigenvalue weighted by Gasteiger charge is 2.11. The van der Waals surface area contributed by atoms with Gasteiger partial charge in [-0.25, -0.2) is 0 Å². The molecule has 0 aliphatic carbocycles. The van der Waals surface area contributed by atoms with Crippen LogP contribution in [0.1, 0.15) is 30.4 Å². The van der Waals surface area contributed by atoms with Gasteiger partial charge in [-0.3, -0.25) is 14.7 Å². The summed E-state index contributed by atoms with van der Waals surface area (Å²) in [4.78, 5) is 18.4. The summed E-state index contributed by atoms with van der Waals surface area (Å²) in [6.45, 7) is 3.32. The molecule has 0 saturated carbocycles. The van der Waals surface area contributed by atoms with E-state index in [0.717, 1.165) is 23.0 Å². The van der Waals surface area contributed by atoms with E-state index in [2.05, 4.69) is 16.0 Å². The first kappa shape index (κ1) is 15.0. The Morgan fingerprint density at radius 1 is 1.18 bits per heavy atom. The van der Waals surface area contributed by atoms with E-state index < -0.39 is 0 Å². The number of methoxy groups -OCH3 is 1. The van der Waals surface area contributed by atoms with Gasteiger partial charge < -0.3 is 4.74 Å². The second-order valence-corrected chi connectivity index (χ2v) is 5.96. The highest BCUT2D eigenvalue weighted by atomic mass is 16.5. The molecule has 4 heteroatoms. The van der Waals surface area contributed by atoms with E-state index in [0.29, 0.717) is 6.42 Å². The van der Waals surface area contributed by atoms with Gasteiger partial charge in [0.1, 0.15) is 0 Å². The highest BCUT2D eigenvalue weighted by molar-refractivity contribution is 5.81. The van der Waals surface area contributed by atoms with Crippen molar-refractivity contribution in [3.05, 3.63) is 41.6 Å². The van der Waals surface area contributed by atoms with E-state index in [1.165, 1.54) is 45.0 Å². The average molecular weight is 298 g/mol. The molecule has 0 radical (unpaired) electrons. The number of ether oxygens (including phenoxy) is 1. The molecule has 2 aromatic rings. The third kappa shape index (κ3) is 3.63. The van der Waals surface area contributed by atoms with Crippen molar-refractivity contribution in [3.63, 3.8) is 0 Å². The minimum absolute atomic E-state index is 0.211. The maximum Gasteiger partial charge on any atom is 0.309 e. The van der Waals surface area contributed by atoms with Crippen molar-refractivity contribution >= 4 is 16.9 Å². The zero-order valence-corrected chi connectivity index (χ0v) is 13.0. The molecule has 0 N–H and O–H groups in total. The van der Waals surface area contributed by atoms with Crippen molar-refractivity contribution in [3.8, 4) is 0 Å². The number of carbonyl (C=O) groups is 1. The van der Waals surface area contributed by atoms with Crippen molar-refractivity contribution in [2.75, 3.05) is 20.2 Å². The van der Waals surface area contributed by atoms with E-state index >= 15 is 0 Å². The third-order valence-corrected chi connectivity index (χ3v) is 4.23. The first-order valence-corrected chi connectivity index (χ1v) is 7.91. The van der Waals surface area contributed by atoms with Crippen LogP contribution in [0.3, 0.4) is 0 Å². The second kappa shape index (κ2) is 6.88. The summed E-state index contributed by atoms with van der Waals surface area (Å²) in [6, 6.07) is 8.14. The largest absolute Gasteiger partial charge is 0.469 e. The number of rotatable bonds is 4. The number of likely N-dealkylation sites (tertiary alicyclic amines) is 1. The standard InChI is InChI=1S/C18H22N2O2/c1-22-18(21)11-14-5-6-17-16(9-14)10-15(12-19-17)13-20-7-3-2-4-8-20/h5-6,9-10,12H,2-4,7-8,11,13H2,1H3. The molecular weight excluding hydrogens is 276 g/mol. The third-order valence-electron chi connectivity index (χ3n) is 4.23. The zero-order valence-electron chi connectivity index (χ0n) is 13.0. The van der Waals surface area contributed by atoms with E-state index in [1.54, 1.807) is 0 Å². The first-order chi connectivity index (χ1) is 10.7. The lowest BCUT2D eigenvalue weighted by Gasteiger charge is -2.26. The summed E-state index contributed by atoms with van der Waals surface area (Å²) in [5.41, 5.74) is 3.18. The molecule has 1 aliphatic rings. The van der Waals surface area contributed by atoms with E-state index in [9.17, 15) is 4.79 Å². The van der Waals surface area contributed by atoms with Gasteiger partial charge in [0, 0.05) is 18.1 Å². The molecule has 1 fully saturated rings. The van der Waals surface area contributed by atoms with Gasteiger partial charge in [-0.1, -0.05) is 12.5 Å². The lowest BCUT2D eigenvalue weighted by Crippen LogP contribution is -2.29. The summed E-state index contributed by atoms with van der Waals surface area (Å²) in [7, 11) is 1.42. The Morgan fingerprint density at radius 2 is 1.95 bits per heavy atom. The fourth-order valence-corrected chi connectivity index (χ4v) is 3.04. The van der Waals surface area contributed by atoms with Crippen LogP contribution in [0.5, 0.6) is 0 Å². The topological polar surface area (TPSA) is 42.4 Å². The molecule has 3 rings (SSSR count). The second-order valence-electron chi connectivity index (χ2n) is 5.96. The fraction of sp³-hybridized carbons (Fsp3) is 0.444. The van der Waals surface area contributed by atoms with Crippen LogP contribution in [0.4, 0.5) is 0 Å². The van der Waals surface area contributed by atoms with Crippen LogP contribution < -0.4 is 0 Å². The number of hydrogen-bond acceptors (Lipinski definition) is 4. The quantitative estimate of drug-likeness (QED) is 0.814. The Bertz CT molecular complexity index is 663. The SMILES string of the molecule is COC(=O)Cc1ccc2ncc(CN3CCCCC3)cc2c1. The minimum atomic E-state index is -0.211. The van der Waals surface area contributed by atoms with Crippen molar-refractivity contribution in [1.82, 2.24) is 9.88 Å². The molecule has 4 nitrogen and oxygen atoms in total. The normalized spacial score (nSPS) is 15.9. The van der Waals surface area contributed by atoms with Crippen LogP contribution in [0.15, 0.2) is 30.5 Å². The number of piperidine rings is 1. The van der Waals surface area contributed by atoms with Crippen molar-refractivity contribution in [2.24, 2.45) is 0 Å². The predicted molar refractivity (Wildman–Crippen MR) is 86.6 cm³/mol. The maximum atomic E-state index is 11.4. The van der Waals surface area contributed by atoms with Crippen LogP contribution in [0.25, 0.3) is 10.9 Å². The first-order valence-electron chi connectivity index (χ1n) is 7.91. The molecule has 1 aromatic heterocycles. The molecule has 22 heavy (non-hydrogen) atoms. The van der Waals surface area contributed by atoms with Gasteiger partial charge in [-0.2, -0.15) is 0 Å². The van der Waals surface area contributed by atoms with Crippen LogP contribution in [-0.4, -0.2) is 36.1 Å². The van der Waals surface area contributed by atoms with Crippen molar-refractivity contribution < 1.29 is 9.53 Å². The molecule has 0 amide bonds. The molecular formula is C18H22N2O2. The number of esters is 1. The Labute approximate surface area is 131 Å². The summed E-state index contributed by atoms with van der Waals surface area (Å²) in [6.07, 6.45) is 6.22. The van der Waals surface area contributed by atoms with Crippen LogP contribution in [-0.2, 0) is 22.5 Å². The number of pyridine rings is 1. The van der Waals surface area contributed by atoms with Crippen LogP contribution >= 0.6 is 0 Å². The monoisotopic (exact) mass is 298 g/mol. The number of fused-ring (bicyclic) bond motifs is 1. The maximum absolute atomic E-state index is 11.4. The number of hydrogen-bond donors (Lipinski definition) is 0. The Kier molecular flexibility index (Phi) is 4.68. The van der Waals surface area contributed by atoms with Crippen molar-refractivity contribution in [1.29, 1.82) is 0 Å². The van der Waals surface area contributed by atoms with Crippen molar-refractivity contribution in [2.45, 2.75) is 32.2 Å². The molecule has 0 unspecified atom stereocenters. The summed E-state index contributed by atoms with van der Waals surface area (Å²) < 4.78 is 4.73. The Balaban J connectivity index is 1.79. The molecule has 116 valence electrons. The number of aromatic nitrogens is 1. The number of nitrogens with zero attached hydrogens (tertiary/aromatic N) is 2. The minimum Gasteiger partial charge on any atom is -0.469 e. The molecule has 2 heterocycles. The Hall–Kier alpha value is -1.94. The number of benzene rings is 1. The molecule has 0 spiro atoms. The van der Waals surface area contributed by atoms with Gasteiger partial charge in [0.05, 0.1) is 19.0 Å². The highest BCUT2D eigenvalue weighted by Crippen LogP contribution is 2.18. The lowest BCUT2D eigenvalue weighted by atomic mass is 10.1. The van der Waals surface area contributed by atoms with Crippen LogP contribution in [0, 0.1) is 0 Å².